The van der Waals surface area contributed by atoms with E-state index in [9.17, 15) is 35.5 Å². The minimum absolute atomic E-state index is 0. The Bertz CT molecular complexity index is 1690. The van der Waals surface area contributed by atoms with E-state index < -0.39 is 41.8 Å². The number of hydrogen-bond donors (Lipinski definition) is 4. The van der Waals surface area contributed by atoms with Crippen LogP contribution in [0.15, 0.2) is 107 Å². The summed E-state index contributed by atoms with van der Waals surface area (Å²) in [7, 11) is -9.53. The van der Waals surface area contributed by atoms with E-state index in [0.29, 0.717) is 11.1 Å². The van der Waals surface area contributed by atoms with Crippen molar-refractivity contribution in [2.75, 3.05) is 10.6 Å². The number of hydrogen-bond acceptors (Lipinski definition) is 6. The SMILES string of the molecule is O=C(Nc1ccc(/C=C/c2ccc(NC(=O)c3ccccc3)cc2S(=O)(=O)O)c(S(=O)(=O)O)c1)c1ccccc1.[Na]. The summed E-state index contributed by atoms with van der Waals surface area (Å²) in [5, 5.41) is 5.10. The second-order valence-corrected chi connectivity index (χ2v) is 11.2. The number of carbonyl (C=O) groups excluding carboxylic acids is 2. The standard InChI is InChI=1S/C28H22N2O8S2.Na/c31-27(21-7-3-1-4-8-21)29-23-15-13-19(25(17-23)39(33,34)35)11-12-20-14-16-24(18-26(20)40(36,37)38)30-28(32)22-9-5-2-6-10-22;/h1-18H,(H,29,31)(H,30,32)(H,33,34,35)(H,36,37,38);/b12-11+;. The Labute approximate surface area is 258 Å². The number of amides is 2. The topological polar surface area (TPSA) is 167 Å². The van der Waals surface area contributed by atoms with Crippen molar-refractivity contribution in [3.05, 3.63) is 119 Å². The van der Waals surface area contributed by atoms with Gasteiger partial charge in [-0.05, 0) is 59.7 Å². The fourth-order valence-electron chi connectivity index (χ4n) is 3.71. The zero-order chi connectivity index (χ0) is 28.9. The third-order valence-corrected chi connectivity index (χ3v) is 7.43. The average molecular weight is 602 g/mol. The van der Waals surface area contributed by atoms with Crippen LogP contribution in [0.25, 0.3) is 12.2 Å². The van der Waals surface area contributed by atoms with E-state index in [4.69, 9.17) is 0 Å². The smallest absolute Gasteiger partial charge is 0.295 e. The van der Waals surface area contributed by atoms with Crippen molar-refractivity contribution in [3.63, 3.8) is 0 Å². The molecule has 4 rings (SSSR count). The predicted octanol–water partition coefficient (Wildman–Crippen LogP) is 4.47. The van der Waals surface area contributed by atoms with Crippen molar-refractivity contribution in [1.82, 2.24) is 0 Å². The average Bonchev–Trinajstić information content (AvgIpc) is 2.92. The molecule has 4 aromatic rings. The van der Waals surface area contributed by atoms with Crippen LogP contribution >= 0.6 is 0 Å². The van der Waals surface area contributed by atoms with Gasteiger partial charge >= 0.3 is 0 Å². The molecule has 205 valence electrons. The van der Waals surface area contributed by atoms with Crippen molar-refractivity contribution in [3.8, 4) is 0 Å². The molecule has 0 bridgehead atoms. The van der Waals surface area contributed by atoms with Crippen LogP contribution in [0.3, 0.4) is 0 Å². The van der Waals surface area contributed by atoms with Crippen LogP contribution in [0.2, 0.25) is 0 Å². The summed E-state index contributed by atoms with van der Waals surface area (Å²) in [5.41, 5.74) is 0.805. The van der Waals surface area contributed by atoms with Crippen molar-refractivity contribution in [1.29, 1.82) is 0 Å². The molecule has 0 aromatic heterocycles. The van der Waals surface area contributed by atoms with Gasteiger partial charge in [0.15, 0.2) is 0 Å². The summed E-state index contributed by atoms with van der Waals surface area (Å²) in [5.74, 6) is -0.996. The molecule has 2 amide bonds. The molecule has 0 fully saturated rings. The van der Waals surface area contributed by atoms with Crippen molar-refractivity contribution in [2.24, 2.45) is 0 Å². The second kappa shape index (κ2) is 13.4. The van der Waals surface area contributed by atoms with E-state index in [1.807, 2.05) is 0 Å². The summed E-state index contributed by atoms with van der Waals surface area (Å²) in [6.07, 6.45) is 2.44. The first-order valence-corrected chi connectivity index (χ1v) is 14.4. The Kier molecular flexibility index (Phi) is 10.4. The normalized spacial score (nSPS) is 11.5. The largest absolute Gasteiger partial charge is 0.322 e. The fourth-order valence-corrected chi connectivity index (χ4v) is 5.13. The number of nitrogens with one attached hydrogen (secondary N) is 2. The Balaban J connectivity index is 0.00000462. The molecule has 0 aliphatic rings. The van der Waals surface area contributed by atoms with Gasteiger partial charge in [0, 0.05) is 52.1 Å². The molecule has 4 N–H and O–H groups in total. The fraction of sp³-hybridized carbons (Fsp3) is 0. The van der Waals surface area contributed by atoms with Crippen molar-refractivity contribution < 1.29 is 35.5 Å². The second-order valence-electron chi connectivity index (χ2n) is 8.43. The molecule has 0 spiro atoms. The summed E-state index contributed by atoms with van der Waals surface area (Å²) < 4.78 is 68.0. The zero-order valence-electron chi connectivity index (χ0n) is 21.6. The van der Waals surface area contributed by atoms with Crippen LogP contribution in [-0.2, 0) is 20.2 Å². The summed E-state index contributed by atoms with van der Waals surface area (Å²) in [4.78, 5) is 23.8. The van der Waals surface area contributed by atoms with Crippen LogP contribution in [-0.4, -0.2) is 67.3 Å². The molecule has 0 heterocycles. The Morgan fingerprint density at radius 3 is 1.22 bits per heavy atom. The molecule has 0 saturated carbocycles. The first-order chi connectivity index (χ1) is 18.9. The van der Waals surface area contributed by atoms with Gasteiger partial charge in [-0.3, -0.25) is 18.7 Å². The van der Waals surface area contributed by atoms with Gasteiger partial charge in [0.05, 0.1) is 0 Å². The van der Waals surface area contributed by atoms with E-state index >= 15 is 0 Å². The number of benzene rings is 4. The van der Waals surface area contributed by atoms with Gasteiger partial charge in [0.25, 0.3) is 32.1 Å². The number of anilines is 2. The van der Waals surface area contributed by atoms with Gasteiger partial charge in [0.2, 0.25) is 0 Å². The van der Waals surface area contributed by atoms with E-state index in [0.717, 1.165) is 12.1 Å². The molecule has 13 heteroatoms. The molecule has 0 saturated heterocycles. The van der Waals surface area contributed by atoms with Gasteiger partial charge in [0.1, 0.15) is 9.79 Å². The van der Waals surface area contributed by atoms with E-state index in [1.165, 1.54) is 36.4 Å². The van der Waals surface area contributed by atoms with Crippen LogP contribution < -0.4 is 10.6 Å². The predicted molar refractivity (Wildman–Crippen MR) is 156 cm³/mol. The molecule has 0 atom stereocenters. The third-order valence-electron chi connectivity index (χ3n) is 5.61. The number of rotatable bonds is 8. The first kappa shape index (κ1) is 31.9. The van der Waals surface area contributed by atoms with Gasteiger partial charge < -0.3 is 10.6 Å². The molecule has 41 heavy (non-hydrogen) atoms. The quantitative estimate of drug-likeness (QED) is 0.130. The minimum atomic E-state index is -4.76. The maximum atomic E-state index is 12.4. The van der Waals surface area contributed by atoms with Crippen molar-refractivity contribution in [2.45, 2.75) is 9.79 Å². The van der Waals surface area contributed by atoms with Crippen molar-refractivity contribution >= 4 is 85.1 Å². The Morgan fingerprint density at radius 2 is 0.902 bits per heavy atom. The molecular weight excluding hydrogens is 579 g/mol. The maximum absolute atomic E-state index is 12.4. The van der Waals surface area contributed by atoms with Crippen LogP contribution in [0.4, 0.5) is 11.4 Å². The molecule has 1 radical (unpaired) electrons. The molecule has 0 aliphatic carbocycles. The zero-order valence-corrected chi connectivity index (χ0v) is 25.2. The first-order valence-electron chi connectivity index (χ1n) is 11.6. The van der Waals surface area contributed by atoms with Gasteiger partial charge in [-0.25, -0.2) is 0 Å². The summed E-state index contributed by atoms with van der Waals surface area (Å²) >= 11 is 0. The maximum Gasteiger partial charge on any atom is 0.295 e. The summed E-state index contributed by atoms with van der Waals surface area (Å²) in [6, 6.07) is 23.9. The van der Waals surface area contributed by atoms with E-state index in [1.54, 1.807) is 60.7 Å². The van der Waals surface area contributed by atoms with Gasteiger partial charge in [-0.15, -0.1) is 0 Å². The number of carbonyl (C=O) groups is 2. The summed E-state index contributed by atoms with van der Waals surface area (Å²) in [6.45, 7) is 0. The van der Waals surface area contributed by atoms with E-state index in [2.05, 4.69) is 10.6 Å². The van der Waals surface area contributed by atoms with Crippen LogP contribution in [0.5, 0.6) is 0 Å². The van der Waals surface area contributed by atoms with Crippen LogP contribution in [0.1, 0.15) is 31.8 Å². The minimum Gasteiger partial charge on any atom is -0.322 e. The van der Waals surface area contributed by atoms with E-state index in [-0.39, 0.29) is 52.1 Å². The molecule has 10 nitrogen and oxygen atoms in total. The molecule has 0 aliphatic heterocycles. The Hall–Kier alpha value is -3.62. The Morgan fingerprint density at radius 1 is 0.561 bits per heavy atom. The van der Waals surface area contributed by atoms with Gasteiger partial charge in [-0.2, -0.15) is 16.8 Å². The van der Waals surface area contributed by atoms with Crippen LogP contribution in [0, 0.1) is 0 Å². The third kappa shape index (κ3) is 8.44. The molecule has 4 aromatic carbocycles. The molecule has 0 unspecified atom stereocenters. The monoisotopic (exact) mass is 601 g/mol. The van der Waals surface area contributed by atoms with Gasteiger partial charge in [-0.1, -0.05) is 60.7 Å². The molecular formula is C28H22N2NaO8S2.